The Hall–Kier alpha value is -2.40. The van der Waals surface area contributed by atoms with Gasteiger partial charge in [0.1, 0.15) is 5.75 Å². The monoisotopic (exact) mass is 687 g/mol. The molecule has 4 heteroatoms. The smallest absolute Gasteiger partial charge is 0.261 e. The van der Waals surface area contributed by atoms with Crippen LogP contribution in [0.4, 0.5) is 0 Å². The Bertz CT molecular complexity index is 1170. The molecule has 0 aromatic heterocycles. The van der Waals surface area contributed by atoms with E-state index in [-0.39, 0.29) is 5.04 Å². The topological polar surface area (TPSA) is 27.7 Å². The van der Waals surface area contributed by atoms with Crippen molar-refractivity contribution in [1.29, 1.82) is 0 Å². The average Bonchev–Trinajstić information content (AvgIpc) is 3.12. The highest BCUT2D eigenvalue weighted by Crippen LogP contribution is 2.37. The summed E-state index contributed by atoms with van der Waals surface area (Å²) in [5.41, 5.74) is 1.22. The van der Waals surface area contributed by atoms with Gasteiger partial charge in [0.05, 0.1) is 13.7 Å². The van der Waals surface area contributed by atoms with E-state index in [9.17, 15) is 0 Å². The number of rotatable bonds is 27. The van der Waals surface area contributed by atoms with Crippen LogP contribution in [-0.4, -0.2) is 28.6 Å². The lowest BCUT2D eigenvalue weighted by Crippen LogP contribution is -2.66. The largest absolute Gasteiger partial charge is 0.497 e. The number of hydrogen-bond acceptors (Lipinski definition) is 3. The summed E-state index contributed by atoms with van der Waals surface area (Å²) in [7, 11) is -0.700. The Kier molecular flexibility index (Phi) is 20.0. The third kappa shape index (κ3) is 14.8. The van der Waals surface area contributed by atoms with Gasteiger partial charge in [0.15, 0.2) is 0 Å². The van der Waals surface area contributed by atoms with Gasteiger partial charge in [0, 0.05) is 13.2 Å². The van der Waals surface area contributed by atoms with Gasteiger partial charge >= 0.3 is 0 Å². The minimum Gasteiger partial charge on any atom is -0.497 e. The highest BCUT2D eigenvalue weighted by molar-refractivity contribution is 6.99. The normalized spacial score (nSPS) is 12.7. The zero-order valence-corrected chi connectivity index (χ0v) is 33.0. The van der Waals surface area contributed by atoms with Crippen LogP contribution in [-0.2, 0) is 15.8 Å². The summed E-state index contributed by atoms with van der Waals surface area (Å²) in [6, 6.07) is 30.3. The molecule has 0 aliphatic heterocycles. The molecule has 272 valence electrons. The molecule has 0 fully saturated rings. The van der Waals surface area contributed by atoms with Gasteiger partial charge in [-0.3, -0.25) is 0 Å². The van der Waals surface area contributed by atoms with Crippen molar-refractivity contribution in [3.63, 3.8) is 0 Å². The second kappa shape index (κ2) is 23.9. The van der Waals surface area contributed by atoms with Gasteiger partial charge in [-0.05, 0) is 51.9 Å². The van der Waals surface area contributed by atoms with Crippen molar-refractivity contribution >= 4 is 18.7 Å². The van der Waals surface area contributed by atoms with E-state index in [0.29, 0.717) is 6.61 Å². The number of benzene rings is 3. The highest BCUT2D eigenvalue weighted by Gasteiger charge is 2.49. The van der Waals surface area contributed by atoms with Crippen molar-refractivity contribution in [2.45, 2.75) is 148 Å². The Morgan fingerprint density at radius 2 is 1.04 bits per heavy atom. The van der Waals surface area contributed by atoms with Crippen molar-refractivity contribution in [3.05, 3.63) is 90.5 Å². The van der Waals surface area contributed by atoms with Crippen LogP contribution in [0.3, 0.4) is 0 Å². The molecule has 0 amide bonds. The summed E-state index contributed by atoms with van der Waals surface area (Å²) in [4.78, 5) is 0. The molecule has 0 N–H and O–H groups in total. The van der Waals surface area contributed by atoms with Crippen molar-refractivity contribution in [1.82, 2.24) is 0 Å². The van der Waals surface area contributed by atoms with Gasteiger partial charge in [-0.2, -0.15) is 0 Å². The van der Waals surface area contributed by atoms with Crippen molar-refractivity contribution < 1.29 is 13.9 Å². The molecule has 0 bridgehead atoms. The third-order valence-corrected chi connectivity index (χ3v) is 15.3. The Labute approximate surface area is 302 Å². The molecule has 1 atom stereocenters. The number of unbranched alkanes of at least 4 members (excludes halogenated alkanes) is 12. The molecule has 0 saturated carbocycles. The fourth-order valence-corrected chi connectivity index (χ4v) is 12.0. The lowest BCUT2D eigenvalue weighted by molar-refractivity contribution is 0.104. The van der Waals surface area contributed by atoms with Crippen LogP contribution in [0.15, 0.2) is 84.9 Å². The molecule has 0 heterocycles. The molecular weight excluding hydrogens is 617 g/mol. The van der Waals surface area contributed by atoms with E-state index in [1.165, 1.54) is 119 Å². The minimum atomic E-state index is -2.41. The first-order chi connectivity index (χ1) is 23.9. The Morgan fingerprint density at radius 3 is 1.53 bits per heavy atom. The maximum atomic E-state index is 7.10. The number of ether oxygens (including phenoxy) is 2. The van der Waals surface area contributed by atoms with Crippen LogP contribution in [0.25, 0.3) is 0 Å². The van der Waals surface area contributed by atoms with Gasteiger partial charge in [0.2, 0.25) is 0 Å². The predicted octanol–water partition coefficient (Wildman–Crippen LogP) is 12.1. The van der Waals surface area contributed by atoms with E-state index in [1.807, 2.05) is 12.1 Å². The standard InChI is InChI=1S/C45H70O3Si/c1-6-7-8-9-11-14-19-26-40(36-38-47-39-41-32-34-42(46-5)35-33-41)27-20-15-12-10-13-16-25-37-48-49(45(2,3)4,43-28-21-17-22-29-43)44-30-23-18-24-31-44/h17-18,21-24,28-35,40H,6-16,19-20,25-27,36-39H2,1-5H3. The fourth-order valence-electron chi connectivity index (χ4n) is 7.39. The molecule has 0 aliphatic carbocycles. The van der Waals surface area contributed by atoms with Crippen LogP contribution in [0.2, 0.25) is 5.04 Å². The third-order valence-electron chi connectivity index (χ3n) is 10.3. The van der Waals surface area contributed by atoms with Gasteiger partial charge < -0.3 is 13.9 Å². The van der Waals surface area contributed by atoms with Gasteiger partial charge in [-0.1, -0.05) is 197 Å². The highest BCUT2D eigenvalue weighted by atomic mass is 28.4. The van der Waals surface area contributed by atoms with E-state index < -0.39 is 8.32 Å². The molecule has 0 spiro atoms. The zero-order chi connectivity index (χ0) is 35.0. The SMILES string of the molecule is CCCCCCCCCC(CCCCCCCCCO[Si](c1ccccc1)(c1ccccc1)C(C)(C)C)CCOCc1ccc(OC)cc1. The second-order valence-corrected chi connectivity index (χ2v) is 19.5. The lowest BCUT2D eigenvalue weighted by atomic mass is 9.91. The summed E-state index contributed by atoms with van der Waals surface area (Å²) in [5, 5.41) is 2.80. The Balaban J connectivity index is 1.36. The van der Waals surface area contributed by atoms with Crippen LogP contribution < -0.4 is 15.1 Å². The molecule has 0 radical (unpaired) electrons. The molecule has 3 rings (SSSR count). The first-order valence-corrected chi connectivity index (χ1v) is 21.8. The number of hydrogen-bond donors (Lipinski definition) is 0. The van der Waals surface area contributed by atoms with Crippen LogP contribution >= 0.6 is 0 Å². The maximum absolute atomic E-state index is 7.10. The Morgan fingerprint density at radius 1 is 0.551 bits per heavy atom. The van der Waals surface area contributed by atoms with Crippen LogP contribution in [0.5, 0.6) is 5.75 Å². The quantitative estimate of drug-likeness (QED) is 0.0590. The van der Waals surface area contributed by atoms with Gasteiger partial charge in [-0.15, -0.1) is 0 Å². The molecule has 3 aromatic carbocycles. The van der Waals surface area contributed by atoms with E-state index in [1.54, 1.807) is 7.11 Å². The van der Waals surface area contributed by atoms with Crippen molar-refractivity contribution in [2.75, 3.05) is 20.3 Å². The van der Waals surface area contributed by atoms with Crippen LogP contribution in [0, 0.1) is 5.92 Å². The average molecular weight is 687 g/mol. The van der Waals surface area contributed by atoms with Crippen LogP contribution in [0.1, 0.15) is 142 Å². The molecule has 49 heavy (non-hydrogen) atoms. The summed E-state index contributed by atoms with van der Waals surface area (Å²) in [5.74, 6) is 1.70. The molecule has 3 aromatic rings. The molecular formula is C45H70O3Si. The zero-order valence-electron chi connectivity index (χ0n) is 32.0. The van der Waals surface area contributed by atoms with E-state index in [4.69, 9.17) is 13.9 Å². The van der Waals surface area contributed by atoms with E-state index in [0.717, 1.165) is 31.3 Å². The van der Waals surface area contributed by atoms with Gasteiger partial charge in [-0.25, -0.2) is 0 Å². The second-order valence-electron chi connectivity index (χ2n) is 15.2. The van der Waals surface area contributed by atoms with Gasteiger partial charge in [0.25, 0.3) is 8.32 Å². The molecule has 3 nitrogen and oxygen atoms in total. The molecule has 0 aliphatic rings. The van der Waals surface area contributed by atoms with Crippen molar-refractivity contribution in [3.8, 4) is 5.75 Å². The maximum Gasteiger partial charge on any atom is 0.261 e. The first-order valence-electron chi connectivity index (χ1n) is 19.9. The summed E-state index contributed by atoms with van der Waals surface area (Å²) < 4.78 is 18.5. The molecule has 1 unspecified atom stereocenters. The van der Waals surface area contributed by atoms with Crippen molar-refractivity contribution in [2.24, 2.45) is 5.92 Å². The fraction of sp³-hybridized carbons (Fsp3) is 0.600. The summed E-state index contributed by atoms with van der Waals surface area (Å²) >= 11 is 0. The number of methoxy groups -OCH3 is 1. The predicted molar refractivity (Wildman–Crippen MR) is 214 cm³/mol. The summed E-state index contributed by atoms with van der Waals surface area (Å²) in [6.45, 7) is 11.8. The summed E-state index contributed by atoms with van der Waals surface area (Å²) in [6.07, 6.45) is 22.8. The molecule has 0 saturated heterocycles. The van der Waals surface area contributed by atoms with E-state index in [2.05, 4.69) is 100 Å². The minimum absolute atomic E-state index is 0.0465. The van der Waals surface area contributed by atoms with E-state index >= 15 is 0 Å². The first kappa shape index (κ1) is 41.0. The lowest BCUT2D eigenvalue weighted by Gasteiger charge is -2.43.